The van der Waals surface area contributed by atoms with Gasteiger partial charge in [-0.25, -0.2) is 0 Å². The topological polar surface area (TPSA) is 202 Å². The first kappa shape index (κ1) is 23.6. The van der Waals surface area contributed by atoms with E-state index in [0.29, 0.717) is 12.8 Å². The van der Waals surface area contributed by atoms with E-state index in [4.69, 9.17) is 10.2 Å². The number of rotatable bonds is 13. The van der Waals surface area contributed by atoms with Crippen molar-refractivity contribution in [3.63, 3.8) is 0 Å². The Labute approximate surface area is 139 Å². The van der Waals surface area contributed by atoms with Crippen molar-refractivity contribution in [1.82, 2.24) is 0 Å². The Morgan fingerprint density at radius 1 is 0.417 bits per heavy atom. The third-order valence-corrected chi connectivity index (χ3v) is 3.90. The second-order valence-electron chi connectivity index (χ2n) is 5.88. The highest BCUT2D eigenvalue weighted by Gasteiger charge is 2.31. The van der Waals surface area contributed by atoms with Crippen LogP contribution in [0.4, 0.5) is 0 Å². The fraction of sp³-hybridized carbons (Fsp3) is 1.00. The van der Waals surface area contributed by atoms with Gasteiger partial charge in [-0.05, 0) is 12.8 Å². The van der Waals surface area contributed by atoms with Gasteiger partial charge in [0.2, 0.25) is 0 Å². The summed E-state index contributed by atoms with van der Waals surface area (Å²) in [5.74, 6) is 0. The molecule has 146 valence electrons. The van der Waals surface area contributed by atoms with Crippen molar-refractivity contribution in [2.75, 3.05) is 13.2 Å². The van der Waals surface area contributed by atoms with Crippen LogP contribution in [0.15, 0.2) is 0 Å². The molecule has 0 aliphatic rings. The molecule has 24 heavy (non-hydrogen) atoms. The number of unbranched alkanes of at least 4 members (excludes halogenated alkanes) is 1. The van der Waals surface area contributed by atoms with Gasteiger partial charge in [0.15, 0.2) is 0 Å². The first-order valence-electron chi connectivity index (χ1n) is 7.83. The second kappa shape index (κ2) is 12.0. The molecule has 0 aliphatic carbocycles. The summed E-state index contributed by atoms with van der Waals surface area (Å²) >= 11 is 0. The van der Waals surface area contributed by atoms with Crippen molar-refractivity contribution < 1.29 is 51.1 Å². The highest BCUT2D eigenvalue weighted by molar-refractivity contribution is 4.82. The van der Waals surface area contributed by atoms with Crippen molar-refractivity contribution in [2.24, 2.45) is 0 Å². The van der Waals surface area contributed by atoms with Crippen LogP contribution >= 0.6 is 0 Å². The van der Waals surface area contributed by atoms with E-state index in [0.717, 1.165) is 0 Å². The molecule has 0 bridgehead atoms. The van der Waals surface area contributed by atoms with Gasteiger partial charge in [0.25, 0.3) is 0 Å². The molecule has 10 heteroatoms. The SMILES string of the molecule is OC[C@@H](O)[C@H](O)[C@@H](O)C(O)CCCCC(O)[C@H](O)[C@@H](O)[C@H](O)CO. The maximum Gasteiger partial charge on any atom is 0.110 e. The lowest BCUT2D eigenvalue weighted by molar-refractivity contribution is -0.119. The van der Waals surface area contributed by atoms with Gasteiger partial charge in [-0.3, -0.25) is 0 Å². The van der Waals surface area contributed by atoms with Crippen molar-refractivity contribution >= 4 is 0 Å². The van der Waals surface area contributed by atoms with E-state index >= 15 is 0 Å². The van der Waals surface area contributed by atoms with Crippen molar-refractivity contribution in [3.8, 4) is 0 Å². The van der Waals surface area contributed by atoms with Gasteiger partial charge in [-0.2, -0.15) is 0 Å². The van der Waals surface area contributed by atoms with E-state index < -0.39 is 62.0 Å². The molecular formula is C14H30O10. The molecule has 10 N–H and O–H groups in total. The number of hydrogen-bond donors (Lipinski definition) is 10. The second-order valence-corrected chi connectivity index (χ2v) is 5.88. The lowest BCUT2D eigenvalue weighted by Gasteiger charge is -2.26. The van der Waals surface area contributed by atoms with E-state index in [1.165, 1.54) is 0 Å². The predicted octanol–water partition coefficient (Wildman–Crippen LogP) is -4.58. The summed E-state index contributed by atoms with van der Waals surface area (Å²) in [4.78, 5) is 0. The van der Waals surface area contributed by atoms with Gasteiger partial charge >= 0.3 is 0 Å². The van der Waals surface area contributed by atoms with E-state index in [1.807, 2.05) is 0 Å². The van der Waals surface area contributed by atoms with Crippen LogP contribution in [0.25, 0.3) is 0 Å². The Bertz CT molecular complexity index is 288. The molecule has 0 aromatic carbocycles. The number of aliphatic hydroxyl groups excluding tert-OH is 10. The first-order valence-corrected chi connectivity index (χ1v) is 7.83. The number of aliphatic hydroxyl groups is 10. The molecule has 0 heterocycles. The quantitative estimate of drug-likeness (QED) is 0.143. The Morgan fingerprint density at radius 3 is 0.917 bits per heavy atom. The van der Waals surface area contributed by atoms with E-state index in [9.17, 15) is 40.9 Å². The highest BCUT2D eigenvalue weighted by Crippen LogP contribution is 2.15. The molecule has 10 nitrogen and oxygen atoms in total. The molecule has 0 radical (unpaired) electrons. The molecule has 0 saturated heterocycles. The van der Waals surface area contributed by atoms with Crippen LogP contribution in [0.3, 0.4) is 0 Å². The molecular weight excluding hydrogens is 328 g/mol. The third-order valence-electron chi connectivity index (χ3n) is 3.90. The minimum absolute atomic E-state index is 0.0288. The summed E-state index contributed by atoms with van der Waals surface area (Å²) in [6.07, 6.45) is -11.9. The van der Waals surface area contributed by atoms with E-state index in [1.54, 1.807) is 0 Å². The third kappa shape index (κ3) is 7.66. The molecule has 0 aromatic heterocycles. The Morgan fingerprint density at radius 2 is 0.667 bits per heavy atom. The molecule has 2 unspecified atom stereocenters. The molecule has 0 saturated carbocycles. The zero-order valence-electron chi connectivity index (χ0n) is 13.3. The van der Waals surface area contributed by atoms with Gasteiger partial charge < -0.3 is 51.1 Å². The van der Waals surface area contributed by atoms with Gasteiger partial charge in [-0.1, -0.05) is 12.8 Å². The zero-order chi connectivity index (χ0) is 18.9. The standard InChI is InChI=1S/C14H30O10/c15-5-9(19)13(23)11(21)7(17)3-1-2-4-8(18)12(22)14(24)10(20)6-16/h7-24H,1-6H2/t7?,8?,9-,10-,11+,12+,13+,14+/m1/s1. The lowest BCUT2D eigenvalue weighted by Crippen LogP contribution is -2.46. The Kier molecular flexibility index (Phi) is 11.8. The van der Waals surface area contributed by atoms with Crippen molar-refractivity contribution in [3.05, 3.63) is 0 Å². The van der Waals surface area contributed by atoms with Gasteiger partial charge in [-0.15, -0.1) is 0 Å². The van der Waals surface area contributed by atoms with Crippen LogP contribution in [-0.2, 0) is 0 Å². The van der Waals surface area contributed by atoms with Crippen molar-refractivity contribution in [1.29, 1.82) is 0 Å². The van der Waals surface area contributed by atoms with Crippen LogP contribution in [0.5, 0.6) is 0 Å². The highest BCUT2D eigenvalue weighted by atomic mass is 16.4. The summed E-state index contributed by atoms with van der Waals surface area (Å²) in [6.45, 7) is -1.53. The summed E-state index contributed by atoms with van der Waals surface area (Å²) < 4.78 is 0. The monoisotopic (exact) mass is 358 g/mol. The van der Waals surface area contributed by atoms with Crippen LogP contribution in [0.2, 0.25) is 0 Å². The van der Waals surface area contributed by atoms with Crippen LogP contribution in [0.1, 0.15) is 25.7 Å². The summed E-state index contributed by atoms with van der Waals surface area (Å²) in [7, 11) is 0. The molecule has 0 aromatic rings. The average Bonchev–Trinajstić information content (AvgIpc) is 2.60. The molecule has 0 amide bonds. The lowest BCUT2D eigenvalue weighted by atomic mass is 9.96. The predicted molar refractivity (Wildman–Crippen MR) is 80.7 cm³/mol. The van der Waals surface area contributed by atoms with Gasteiger partial charge in [0.1, 0.15) is 36.6 Å². The molecule has 8 atom stereocenters. The molecule has 0 rings (SSSR count). The molecule has 0 aliphatic heterocycles. The van der Waals surface area contributed by atoms with E-state index in [-0.39, 0.29) is 12.8 Å². The fourth-order valence-electron chi connectivity index (χ4n) is 2.17. The largest absolute Gasteiger partial charge is 0.394 e. The Hall–Kier alpha value is -0.400. The summed E-state index contributed by atoms with van der Waals surface area (Å²) in [5.41, 5.74) is 0. The van der Waals surface area contributed by atoms with Crippen LogP contribution < -0.4 is 0 Å². The average molecular weight is 358 g/mol. The Balaban J connectivity index is 4.11. The van der Waals surface area contributed by atoms with Crippen molar-refractivity contribution in [2.45, 2.75) is 74.5 Å². The molecule has 0 fully saturated rings. The minimum atomic E-state index is -1.70. The number of hydrogen-bond acceptors (Lipinski definition) is 10. The van der Waals surface area contributed by atoms with Gasteiger partial charge in [0.05, 0.1) is 25.4 Å². The van der Waals surface area contributed by atoms with Crippen LogP contribution in [0, 0.1) is 0 Å². The van der Waals surface area contributed by atoms with Gasteiger partial charge in [0, 0.05) is 0 Å². The van der Waals surface area contributed by atoms with Crippen LogP contribution in [-0.4, -0.2) is 113 Å². The van der Waals surface area contributed by atoms with E-state index in [2.05, 4.69) is 0 Å². The fourth-order valence-corrected chi connectivity index (χ4v) is 2.17. The zero-order valence-corrected chi connectivity index (χ0v) is 13.3. The summed E-state index contributed by atoms with van der Waals surface area (Å²) in [6, 6.07) is 0. The smallest absolute Gasteiger partial charge is 0.110 e. The maximum atomic E-state index is 9.68. The maximum absolute atomic E-state index is 9.68. The first-order chi connectivity index (χ1) is 11.2. The molecule has 0 spiro atoms. The minimum Gasteiger partial charge on any atom is -0.394 e. The normalized spacial score (nSPS) is 22.2. The summed E-state index contributed by atoms with van der Waals surface area (Å²) in [5, 5.41) is 93.1.